The van der Waals surface area contributed by atoms with E-state index in [0.717, 1.165) is 4.88 Å². The number of aliphatic imine (C=N–C) groups is 1. The van der Waals surface area contributed by atoms with E-state index in [4.69, 9.17) is 4.74 Å². The zero-order chi connectivity index (χ0) is 13.2. The monoisotopic (exact) mass is 273 g/mol. The molecule has 0 saturated heterocycles. The third-order valence-electron chi connectivity index (χ3n) is 2.55. The van der Waals surface area contributed by atoms with Crippen LogP contribution in [0.25, 0.3) is 6.08 Å². The summed E-state index contributed by atoms with van der Waals surface area (Å²) in [5.41, 5.74) is 0.416. The molecule has 0 fully saturated rings. The molecule has 0 bridgehead atoms. The van der Waals surface area contributed by atoms with Gasteiger partial charge in [0.1, 0.15) is 5.82 Å². The number of ether oxygens (including phenoxy) is 1. The van der Waals surface area contributed by atoms with Crippen molar-refractivity contribution >= 4 is 29.3 Å². The third-order valence-corrected chi connectivity index (χ3v) is 3.41. The first-order valence-corrected chi connectivity index (χ1v) is 6.43. The summed E-state index contributed by atoms with van der Waals surface area (Å²) < 4.78 is 18.6. The molecular formula is C14H8FNO2S. The predicted molar refractivity (Wildman–Crippen MR) is 71.3 cm³/mol. The Morgan fingerprint density at radius 2 is 2.05 bits per heavy atom. The smallest absolute Gasteiger partial charge is 0.363 e. The number of rotatable bonds is 2. The van der Waals surface area contributed by atoms with E-state index >= 15 is 0 Å². The minimum Gasteiger partial charge on any atom is -0.401 e. The normalized spacial score (nSPS) is 16.6. The van der Waals surface area contributed by atoms with Crippen LogP contribution in [-0.2, 0) is 9.53 Å². The Labute approximate surface area is 112 Å². The van der Waals surface area contributed by atoms with Crippen molar-refractivity contribution in [3.63, 3.8) is 0 Å². The van der Waals surface area contributed by atoms with Gasteiger partial charge >= 0.3 is 5.97 Å². The van der Waals surface area contributed by atoms with E-state index in [9.17, 15) is 9.18 Å². The minimum absolute atomic E-state index is 0.105. The Balaban J connectivity index is 1.98. The number of carbonyl (C=O) groups is 1. The molecule has 1 aliphatic rings. The molecule has 2 heterocycles. The number of carbonyl (C=O) groups excluding carboxylic acids is 1. The first-order chi connectivity index (χ1) is 9.24. The maximum atomic E-state index is 13.5. The SMILES string of the molecule is O=C1OC(c2cccs2)=N/C1=C/c1ccccc1F. The van der Waals surface area contributed by atoms with Crippen molar-refractivity contribution in [2.45, 2.75) is 0 Å². The summed E-state index contributed by atoms with van der Waals surface area (Å²) in [6.45, 7) is 0. The van der Waals surface area contributed by atoms with Crippen LogP contribution in [0.4, 0.5) is 4.39 Å². The van der Waals surface area contributed by atoms with Gasteiger partial charge in [0.15, 0.2) is 5.70 Å². The van der Waals surface area contributed by atoms with Crippen LogP contribution in [0.2, 0.25) is 0 Å². The van der Waals surface area contributed by atoms with Gasteiger partial charge in [0.25, 0.3) is 0 Å². The van der Waals surface area contributed by atoms with Crippen LogP contribution in [0.15, 0.2) is 52.5 Å². The van der Waals surface area contributed by atoms with E-state index < -0.39 is 11.8 Å². The summed E-state index contributed by atoms with van der Waals surface area (Å²) >= 11 is 1.42. The molecule has 0 radical (unpaired) electrons. The molecule has 1 aliphatic heterocycles. The molecule has 3 rings (SSSR count). The fourth-order valence-electron chi connectivity index (χ4n) is 1.65. The van der Waals surface area contributed by atoms with Crippen LogP contribution in [0.5, 0.6) is 0 Å². The van der Waals surface area contributed by atoms with Crippen LogP contribution in [-0.4, -0.2) is 11.9 Å². The maximum absolute atomic E-state index is 13.5. The number of cyclic esters (lactones) is 1. The molecule has 0 saturated carbocycles. The molecule has 0 spiro atoms. The molecule has 0 N–H and O–H groups in total. The Morgan fingerprint density at radius 3 is 2.79 bits per heavy atom. The second-order valence-corrected chi connectivity index (χ2v) is 4.78. The summed E-state index contributed by atoms with van der Waals surface area (Å²) in [7, 11) is 0. The highest BCUT2D eigenvalue weighted by atomic mass is 32.1. The fraction of sp³-hybridized carbons (Fsp3) is 0. The molecule has 1 aromatic carbocycles. The van der Waals surface area contributed by atoms with Gasteiger partial charge < -0.3 is 4.74 Å². The number of hydrogen-bond donors (Lipinski definition) is 0. The lowest BCUT2D eigenvalue weighted by Crippen LogP contribution is -2.03. The van der Waals surface area contributed by atoms with Gasteiger partial charge in [-0.3, -0.25) is 0 Å². The second kappa shape index (κ2) is 4.78. The molecule has 94 valence electrons. The first kappa shape index (κ1) is 11.8. The van der Waals surface area contributed by atoms with Gasteiger partial charge in [-0.25, -0.2) is 14.2 Å². The van der Waals surface area contributed by atoms with Crippen molar-refractivity contribution in [1.29, 1.82) is 0 Å². The van der Waals surface area contributed by atoms with E-state index in [1.807, 2.05) is 17.5 Å². The Bertz CT molecular complexity index is 689. The van der Waals surface area contributed by atoms with E-state index in [-0.39, 0.29) is 11.6 Å². The molecule has 3 nitrogen and oxygen atoms in total. The van der Waals surface area contributed by atoms with Gasteiger partial charge in [0.05, 0.1) is 4.88 Å². The topological polar surface area (TPSA) is 38.7 Å². The van der Waals surface area contributed by atoms with Gasteiger partial charge in [-0.2, -0.15) is 0 Å². The highest BCUT2D eigenvalue weighted by Crippen LogP contribution is 2.22. The average molecular weight is 273 g/mol. The van der Waals surface area contributed by atoms with E-state index in [1.54, 1.807) is 18.2 Å². The molecule has 19 heavy (non-hydrogen) atoms. The van der Waals surface area contributed by atoms with E-state index in [2.05, 4.69) is 4.99 Å². The van der Waals surface area contributed by atoms with Crippen LogP contribution in [0.1, 0.15) is 10.4 Å². The molecular weight excluding hydrogens is 265 g/mol. The molecule has 0 unspecified atom stereocenters. The maximum Gasteiger partial charge on any atom is 0.363 e. The van der Waals surface area contributed by atoms with Crippen molar-refractivity contribution in [2.24, 2.45) is 4.99 Å². The van der Waals surface area contributed by atoms with Gasteiger partial charge in [0, 0.05) is 5.56 Å². The Morgan fingerprint density at radius 1 is 1.21 bits per heavy atom. The molecule has 0 atom stereocenters. The van der Waals surface area contributed by atoms with Crippen LogP contribution < -0.4 is 0 Å². The lowest BCUT2D eigenvalue weighted by Gasteiger charge is -1.95. The zero-order valence-electron chi connectivity index (χ0n) is 9.67. The van der Waals surface area contributed by atoms with Crippen molar-refractivity contribution in [2.75, 3.05) is 0 Å². The lowest BCUT2D eigenvalue weighted by atomic mass is 10.2. The predicted octanol–water partition coefficient (Wildman–Crippen LogP) is 3.23. The lowest BCUT2D eigenvalue weighted by molar-refractivity contribution is -0.129. The van der Waals surface area contributed by atoms with Crippen LogP contribution in [0.3, 0.4) is 0 Å². The molecule has 0 amide bonds. The van der Waals surface area contributed by atoms with Crippen LogP contribution in [0, 0.1) is 5.82 Å². The molecule has 5 heteroatoms. The number of nitrogens with zero attached hydrogens (tertiary/aromatic N) is 1. The largest absolute Gasteiger partial charge is 0.401 e. The van der Waals surface area contributed by atoms with Crippen molar-refractivity contribution < 1.29 is 13.9 Å². The summed E-state index contributed by atoms with van der Waals surface area (Å²) in [5.74, 6) is -0.697. The van der Waals surface area contributed by atoms with Crippen molar-refractivity contribution in [3.8, 4) is 0 Å². The summed E-state index contributed by atoms with van der Waals surface area (Å²) in [5, 5.41) is 1.87. The van der Waals surface area contributed by atoms with E-state index in [1.165, 1.54) is 23.5 Å². The van der Waals surface area contributed by atoms with Crippen molar-refractivity contribution in [1.82, 2.24) is 0 Å². The summed E-state index contributed by atoms with van der Waals surface area (Å²) in [6, 6.07) is 9.84. The van der Waals surface area contributed by atoms with Gasteiger partial charge in [0.2, 0.25) is 5.90 Å². The number of hydrogen-bond acceptors (Lipinski definition) is 4. The van der Waals surface area contributed by atoms with Crippen LogP contribution >= 0.6 is 11.3 Å². The highest BCUT2D eigenvalue weighted by molar-refractivity contribution is 7.12. The number of halogens is 1. The van der Waals surface area contributed by atoms with Gasteiger partial charge in [-0.1, -0.05) is 24.3 Å². The molecule has 2 aromatic rings. The Hall–Kier alpha value is -2.27. The average Bonchev–Trinajstić information content (AvgIpc) is 3.02. The van der Waals surface area contributed by atoms with Gasteiger partial charge in [-0.15, -0.1) is 11.3 Å². The van der Waals surface area contributed by atoms with E-state index in [0.29, 0.717) is 5.56 Å². The second-order valence-electron chi connectivity index (χ2n) is 3.83. The standard InChI is InChI=1S/C14H8FNO2S/c15-10-5-2-1-4-9(10)8-11-14(17)18-13(16-11)12-6-3-7-19-12/h1-8H/b11-8+. The molecule has 0 aliphatic carbocycles. The quantitative estimate of drug-likeness (QED) is 0.622. The van der Waals surface area contributed by atoms with Crippen molar-refractivity contribution in [3.05, 3.63) is 63.7 Å². The number of esters is 1. The first-order valence-electron chi connectivity index (χ1n) is 5.55. The summed E-state index contributed by atoms with van der Waals surface area (Å²) in [6.07, 6.45) is 1.39. The Kier molecular flexibility index (Phi) is 2.97. The fourth-order valence-corrected chi connectivity index (χ4v) is 2.30. The zero-order valence-corrected chi connectivity index (χ0v) is 10.5. The number of thiophene rings is 1. The summed E-state index contributed by atoms with van der Waals surface area (Å²) in [4.78, 5) is 16.5. The number of benzene rings is 1. The van der Waals surface area contributed by atoms with Gasteiger partial charge in [-0.05, 0) is 23.6 Å². The molecule has 1 aromatic heterocycles. The third kappa shape index (κ3) is 2.32. The highest BCUT2D eigenvalue weighted by Gasteiger charge is 2.24. The minimum atomic E-state index is -0.563.